The van der Waals surface area contributed by atoms with E-state index < -0.39 is 17.8 Å². The van der Waals surface area contributed by atoms with Crippen LogP contribution in [0.2, 0.25) is 0 Å². The zero-order chi connectivity index (χ0) is 29.2. The highest BCUT2D eigenvalue weighted by Crippen LogP contribution is 2.37. The summed E-state index contributed by atoms with van der Waals surface area (Å²) in [6.45, 7) is 7.01. The second-order valence-electron chi connectivity index (χ2n) is 12.0. The Morgan fingerprint density at radius 1 is 1.12 bits per heavy atom. The Balaban J connectivity index is 1.29. The van der Waals surface area contributed by atoms with Crippen LogP contribution in [0.5, 0.6) is 6.01 Å². The third kappa shape index (κ3) is 5.67. The largest absolute Gasteiger partial charge is 0.462 e. The van der Waals surface area contributed by atoms with Crippen LogP contribution in [0.1, 0.15) is 48.9 Å². The summed E-state index contributed by atoms with van der Waals surface area (Å²) < 4.78 is 20.1. The van der Waals surface area contributed by atoms with Gasteiger partial charge >= 0.3 is 6.01 Å². The molecule has 6 rings (SSSR count). The molecule has 42 heavy (non-hydrogen) atoms. The standard InChI is InChI=1S/C32H40FN7O2/c1-22(33)31(41)40-18-17-38(20-25(40)13-14-34)30-27-12-11-24(39-16-5-8-23-7-3-4-10-29(23)39)19-28(27)35-32(36-30)42-21-26-9-6-15-37(26)2/h3-4,7,10,24-26H,1,5-6,8-9,11-13,15-21H2,2H3/t24-,25+,26+/m1/s1. The first-order valence-electron chi connectivity index (χ1n) is 15.3. The maximum Gasteiger partial charge on any atom is 0.318 e. The number of carbonyl (C=O) groups is 1. The number of aryl methyl sites for hydroxylation is 1. The molecule has 0 saturated carbocycles. The molecule has 1 aromatic carbocycles. The number of para-hydroxylation sites is 1. The van der Waals surface area contributed by atoms with Gasteiger partial charge in [-0.15, -0.1) is 0 Å². The average molecular weight is 574 g/mol. The molecule has 1 amide bonds. The number of aromatic nitrogens is 2. The van der Waals surface area contributed by atoms with Crippen molar-refractivity contribution in [1.29, 1.82) is 5.26 Å². The van der Waals surface area contributed by atoms with Crippen LogP contribution in [0.3, 0.4) is 0 Å². The third-order valence-electron chi connectivity index (χ3n) is 9.47. The highest BCUT2D eigenvalue weighted by atomic mass is 19.1. The van der Waals surface area contributed by atoms with Gasteiger partial charge in [0.05, 0.1) is 24.2 Å². The smallest absolute Gasteiger partial charge is 0.318 e. The Kier molecular flexibility index (Phi) is 8.29. The Bertz CT molecular complexity index is 1380. The molecular formula is C32H40FN7O2. The van der Waals surface area contributed by atoms with Crippen LogP contribution in [0.25, 0.3) is 0 Å². The molecule has 0 unspecified atom stereocenters. The summed E-state index contributed by atoms with van der Waals surface area (Å²) >= 11 is 0. The molecule has 0 radical (unpaired) electrons. The van der Waals surface area contributed by atoms with E-state index in [0.717, 1.165) is 75.1 Å². The predicted molar refractivity (Wildman–Crippen MR) is 159 cm³/mol. The second kappa shape index (κ2) is 12.3. The van der Waals surface area contributed by atoms with Gasteiger partial charge in [-0.2, -0.15) is 15.2 Å². The van der Waals surface area contributed by atoms with E-state index in [4.69, 9.17) is 14.7 Å². The molecular weight excluding hydrogens is 533 g/mol. The monoisotopic (exact) mass is 573 g/mol. The van der Waals surface area contributed by atoms with Crippen LogP contribution in [0.4, 0.5) is 15.9 Å². The molecule has 0 N–H and O–H groups in total. The average Bonchev–Trinajstić information content (AvgIpc) is 3.43. The van der Waals surface area contributed by atoms with Crippen LogP contribution in [0, 0.1) is 11.3 Å². The van der Waals surface area contributed by atoms with E-state index in [1.807, 2.05) is 0 Å². The summed E-state index contributed by atoms with van der Waals surface area (Å²) in [5.41, 5.74) is 4.88. The zero-order valence-corrected chi connectivity index (χ0v) is 24.5. The summed E-state index contributed by atoms with van der Waals surface area (Å²) in [5, 5.41) is 9.49. The van der Waals surface area contributed by atoms with Gasteiger partial charge in [0.25, 0.3) is 5.91 Å². The van der Waals surface area contributed by atoms with Gasteiger partial charge in [-0.25, -0.2) is 4.39 Å². The van der Waals surface area contributed by atoms with Crippen molar-refractivity contribution in [2.45, 2.75) is 69.5 Å². The normalized spacial score (nSPS) is 24.1. The molecule has 9 nitrogen and oxygen atoms in total. The third-order valence-corrected chi connectivity index (χ3v) is 9.47. The number of anilines is 2. The number of likely N-dealkylation sites (tertiary alicyclic amines) is 1. The summed E-state index contributed by atoms with van der Waals surface area (Å²) in [6.07, 6.45) is 7.26. The van der Waals surface area contributed by atoms with Crippen molar-refractivity contribution in [3.63, 3.8) is 0 Å². The maximum absolute atomic E-state index is 13.8. The van der Waals surface area contributed by atoms with Gasteiger partial charge < -0.3 is 24.3 Å². The van der Waals surface area contributed by atoms with Gasteiger partial charge in [0.1, 0.15) is 12.4 Å². The molecule has 10 heteroatoms. The number of rotatable bonds is 7. The molecule has 0 spiro atoms. The Labute approximate surface area is 247 Å². The lowest BCUT2D eigenvalue weighted by Gasteiger charge is -2.43. The lowest BCUT2D eigenvalue weighted by molar-refractivity contribution is -0.131. The van der Waals surface area contributed by atoms with Gasteiger partial charge in [0.2, 0.25) is 0 Å². The first-order valence-corrected chi connectivity index (χ1v) is 15.3. The number of piperazine rings is 1. The highest BCUT2D eigenvalue weighted by Gasteiger charge is 2.36. The summed E-state index contributed by atoms with van der Waals surface area (Å²) in [6, 6.07) is 11.5. The first-order chi connectivity index (χ1) is 20.4. The number of hydrogen-bond donors (Lipinski definition) is 0. The second-order valence-corrected chi connectivity index (χ2v) is 12.0. The summed E-state index contributed by atoms with van der Waals surface area (Å²) in [5.74, 6) is -0.918. The Morgan fingerprint density at radius 3 is 2.76 bits per heavy atom. The molecule has 1 aliphatic carbocycles. The maximum atomic E-state index is 13.8. The van der Waals surface area contributed by atoms with E-state index in [2.05, 4.69) is 58.7 Å². The van der Waals surface area contributed by atoms with E-state index in [-0.39, 0.29) is 6.42 Å². The summed E-state index contributed by atoms with van der Waals surface area (Å²) in [7, 11) is 2.13. The van der Waals surface area contributed by atoms with E-state index in [9.17, 15) is 14.4 Å². The molecule has 4 aliphatic rings. The zero-order valence-electron chi connectivity index (χ0n) is 24.5. The number of carbonyl (C=O) groups excluding carboxylic acids is 1. The minimum atomic E-state index is -0.997. The Morgan fingerprint density at radius 2 is 1.98 bits per heavy atom. The number of hydrogen-bond acceptors (Lipinski definition) is 8. The number of fused-ring (bicyclic) bond motifs is 2. The number of halogens is 1. The van der Waals surface area contributed by atoms with Crippen LogP contribution >= 0.6 is 0 Å². The molecule has 2 saturated heterocycles. The van der Waals surface area contributed by atoms with E-state index in [0.29, 0.717) is 44.3 Å². The lowest BCUT2D eigenvalue weighted by atomic mass is 9.88. The number of nitriles is 1. The van der Waals surface area contributed by atoms with E-state index in [1.165, 1.54) is 16.2 Å². The number of benzene rings is 1. The topological polar surface area (TPSA) is 88.8 Å². The molecule has 1 aromatic heterocycles. The number of likely N-dealkylation sites (N-methyl/N-ethyl adjacent to an activating group) is 1. The van der Waals surface area contributed by atoms with Crippen molar-refractivity contribution in [3.8, 4) is 12.1 Å². The van der Waals surface area contributed by atoms with Crippen LogP contribution < -0.4 is 14.5 Å². The molecule has 3 atom stereocenters. The predicted octanol–water partition coefficient (Wildman–Crippen LogP) is 3.67. The highest BCUT2D eigenvalue weighted by molar-refractivity contribution is 5.91. The van der Waals surface area contributed by atoms with Gasteiger partial charge in [-0.05, 0) is 63.7 Å². The molecule has 2 fully saturated rings. The summed E-state index contributed by atoms with van der Waals surface area (Å²) in [4.78, 5) is 30.9. The quantitative estimate of drug-likeness (QED) is 0.464. The fraction of sp³-hybridized carbons (Fsp3) is 0.562. The molecule has 3 aliphatic heterocycles. The number of nitrogens with zero attached hydrogens (tertiary/aromatic N) is 7. The van der Waals surface area contributed by atoms with Crippen molar-refractivity contribution in [2.75, 3.05) is 56.2 Å². The first kappa shape index (κ1) is 28.4. The Hall–Kier alpha value is -3.71. The van der Waals surface area contributed by atoms with E-state index >= 15 is 0 Å². The van der Waals surface area contributed by atoms with Crippen molar-refractivity contribution in [3.05, 3.63) is 53.5 Å². The van der Waals surface area contributed by atoms with Crippen molar-refractivity contribution >= 4 is 17.4 Å². The van der Waals surface area contributed by atoms with Gasteiger partial charge in [-0.1, -0.05) is 24.8 Å². The van der Waals surface area contributed by atoms with E-state index in [1.54, 1.807) is 0 Å². The van der Waals surface area contributed by atoms with Crippen molar-refractivity contribution in [1.82, 2.24) is 19.8 Å². The lowest BCUT2D eigenvalue weighted by Crippen LogP contribution is -2.55. The molecule has 0 bridgehead atoms. The van der Waals surface area contributed by atoms with Crippen LogP contribution in [-0.2, 0) is 24.1 Å². The fourth-order valence-corrected chi connectivity index (χ4v) is 7.20. The minimum absolute atomic E-state index is 0.108. The molecule has 222 valence electrons. The van der Waals surface area contributed by atoms with Crippen LogP contribution in [0.15, 0.2) is 36.7 Å². The van der Waals surface area contributed by atoms with Crippen molar-refractivity contribution < 1.29 is 13.9 Å². The minimum Gasteiger partial charge on any atom is -0.462 e. The van der Waals surface area contributed by atoms with Gasteiger partial charge in [0, 0.05) is 55.9 Å². The number of amides is 1. The van der Waals surface area contributed by atoms with Gasteiger partial charge in [-0.3, -0.25) is 4.79 Å². The van der Waals surface area contributed by atoms with Crippen molar-refractivity contribution in [2.24, 2.45) is 0 Å². The fourth-order valence-electron chi connectivity index (χ4n) is 7.20. The molecule has 4 heterocycles. The molecule has 2 aromatic rings. The number of ether oxygens (including phenoxy) is 1. The SMILES string of the molecule is C=C(F)C(=O)N1CCN(c2nc(OC[C@@H]3CCCN3C)nc3c2CC[C@@H](N2CCCc4ccccc42)C3)C[C@@H]1CC#N. The van der Waals surface area contributed by atoms with Crippen LogP contribution in [-0.4, -0.2) is 90.2 Å². The van der Waals surface area contributed by atoms with Gasteiger partial charge in [0.15, 0.2) is 5.83 Å².